The Bertz CT molecular complexity index is 545. The minimum Gasteiger partial charge on any atom is -0.491 e. The van der Waals surface area contributed by atoms with Gasteiger partial charge < -0.3 is 30.0 Å². The first-order chi connectivity index (χ1) is 11.2. The van der Waals surface area contributed by atoms with Crippen molar-refractivity contribution in [2.75, 3.05) is 33.0 Å². The molecule has 1 fully saturated rings. The van der Waals surface area contributed by atoms with E-state index in [0.29, 0.717) is 23.8 Å². The van der Waals surface area contributed by atoms with Crippen LogP contribution < -0.4 is 24.8 Å². The van der Waals surface area contributed by atoms with Gasteiger partial charge in [0.05, 0.1) is 5.92 Å². The second-order valence-corrected chi connectivity index (χ2v) is 5.77. The van der Waals surface area contributed by atoms with Gasteiger partial charge in [0.2, 0.25) is 12.7 Å². The highest BCUT2D eigenvalue weighted by molar-refractivity contribution is 5.78. The van der Waals surface area contributed by atoms with Gasteiger partial charge in [-0.3, -0.25) is 4.79 Å². The summed E-state index contributed by atoms with van der Waals surface area (Å²) in [5, 5.41) is 15.9. The first-order valence-electron chi connectivity index (χ1n) is 7.91. The molecule has 2 unspecified atom stereocenters. The molecule has 0 bridgehead atoms. The van der Waals surface area contributed by atoms with Crippen molar-refractivity contribution in [1.29, 1.82) is 0 Å². The molecule has 0 radical (unpaired) electrons. The Kier molecular flexibility index (Phi) is 5.19. The number of aliphatic hydroxyl groups is 1. The summed E-state index contributed by atoms with van der Waals surface area (Å²) < 4.78 is 16.0. The number of nitrogens with one attached hydrogen (secondary N) is 2. The zero-order valence-electron chi connectivity index (χ0n) is 12.9. The zero-order valence-corrected chi connectivity index (χ0v) is 12.9. The fraction of sp³-hybridized carbons (Fsp3) is 0.562. The van der Waals surface area contributed by atoms with E-state index in [1.165, 1.54) is 0 Å². The van der Waals surface area contributed by atoms with Crippen LogP contribution in [0.25, 0.3) is 0 Å². The number of rotatable bonds is 6. The van der Waals surface area contributed by atoms with Crippen molar-refractivity contribution < 1.29 is 24.1 Å². The van der Waals surface area contributed by atoms with Crippen molar-refractivity contribution >= 4 is 5.91 Å². The van der Waals surface area contributed by atoms with E-state index in [-0.39, 0.29) is 31.8 Å². The van der Waals surface area contributed by atoms with Crippen LogP contribution in [0.2, 0.25) is 0 Å². The molecule has 0 saturated carbocycles. The lowest BCUT2D eigenvalue weighted by Gasteiger charge is -2.22. The van der Waals surface area contributed by atoms with Crippen molar-refractivity contribution in [3.05, 3.63) is 18.2 Å². The van der Waals surface area contributed by atoms with Gasteiger partial charge in [0, 0.05) is 19.2 Å². The van der Waals surface area contributed by atoms with Gasteiger partial charge in [-0.05, 0) is 31.5 Å². The molecule has 3 rings (SSSR count). The third-order valence-electron chi connectivity index (χ3n) is 3.97. The van der Waals surface area contributed by atoms with Crippen molar-refractivity contribution in [3.8, 4) is 17.2 Å². The van der Waals surface area contributed by atoms with Crippen LogP contribution in [0.15, 0.2) is 18.2 Å². The molecule has 0 aromatic heterocycles. The molecule has 0 spiro atoms. The number of amides is 1. The number of piperidine rings is 1. The molecule has 1 saturated heterocycles. The minimum atomic E-state index is -0.763. The van der Waals surface area contributed by atoms with E-state index in [2.05, 4.69) is 10.6 Å². The highest BCUT2D eigenvalue weighted by Gasteiger charge is 2.21. The van der Waals surface area contributed by atoms with Crippen LogP contribution in [0.4, 0.5) is 0 Å². The summed E-state index contributed by atoms with van der Waals surface area (Å²) in [4.78, 5) is 12.0. The Balaban J connectivity index is 1.39. The van der Waals surface area contributed by atoms with Crippen molar-refractivity contribution in [1.82, 2.24) is 10.6 Å². The maximum Gasteiger partial charge on any atom is 0.231 e. The van der Waals surface area contributed by atoms with Crippen LogP contribution in [0, 0.1) is 5.92 Å². The lowest BCUT2D eigenvalue weighted by atomic mass is 9.99. The lowest BCUT2D eigenvalue weighted by Crippen LogP contribution is -2.43. The normalized spacial score (nSPS) is 20.8. The first kappa shape index (κ1) is 15.9. The van der Waals surface area contributed by atoms with E-state index in [1.807, 2.05) is 0 Å². The monoisotopic (exact) mass is 322 g/mol. The first-order valence-corrected chi connectivity index (χ1v) is 7.91. The molecule has 2 heterocycles. The van der Waals surface area contributed by atoms with E-state index in [1.54, 1.807) is 18.2 Å². The van der Waals surface area contributed by atoms with E-state index in [0.717, 1.165) is 19.4 Å². The fourth-order valence-electron chi connectivity index (χ4n) is 2.66. The van der Waals surface area contributed by atoms with Crippen LogP contribution >= 0.6 is 0 Å². The number of ether oxygens (including phenoxy) is 3. The van der Waals surface area contributed by atoms with Crippen molar-refractivity contribution in [2.45, 2.75) is 18.9 Å². The summed E-state index contributed by atoms with van der Waals surface area (Å²) in [5.74, 6) is 1.89. The van der Waals surface area contributed by atoms with E-state index < -0.39 is 6.10 Å². The molecule has 1 aromatic rings. The molecule has 2 aliphatic rings. The Morgan fingerprint density at radius 3 is 3.13 bits per heavy atom. The molecule has 126 valence electrons. The molecule has 1 aromatic carbocycles. The van der Waals surface area contributed by atoms with E-state index in [9.17, 15) is 9.90 Å². The van der Waals surface area contributed by atoms with Gasteiger partial charge in [0.1, 0.15) is 18.5 Å². The highest BCUT2D eigenvalue weighted by atomic mass is 16.7. The largest absolute Gasteiger partial charge is 0.491 e. The molecule has 1 amide bonds. The maximum absolute atomic E-state index is 12.0. The van der Waals surface area contributed by atoms with Crippen molar-refractivity contribution in [3.63, 3.8) is 0 Å². The smallest absolute Gasteiger partial charge is 0.231 e. The van der Waals surface area contributed by atoms with Gasteiger partial charge in [-0.25, -0.2) is 0 Å². The minimum absolute atomic E-state index is 0.00859. The predicted octanol–water partition coefficient (Wildman–Crippen LogP) is 0.271. The van der Waals surface area contributed by atoms with Crippen LogP contribution in [-0.2, 0) is 4.79 Å². The Morgan fingerprint density at radius 2 is 2.30 bits per heavy atom. The Hall–Kier alpha value is -1.99. The van der Waals surface area contributed by atoms with E-state index >= 15 is 0 Å². The van der Waals surface area contributed by atoms with Crippen LogP contribution in [0.3, 0.4) is 0 Å². The second-order valence-electron chi connectivity index (χ2n) is 5.77. The molecular weight excluding hydrogens is 300 g/mol. The summed E-state index contributed by atoms with van der Waals surface area (Å²) in [6.45, 7) is 2.16. The summed E-state index contributed by atoms with van der Waals surface area (Å²) in [5.41, 5.74) is 0. The number of hydrogen-bond donors (Lipinski definition) is 3. The molecule has 7 nitrogen and oxygen atoms in total. The van der Waals surface area contributed by atoms with Crippen molar-refractivity contribution in [2.24, 2.45) is 5.92 Å². The molecule has 0 aliphatic carbocycles. The molecule has 23 heavy (non-hydrogen) atoms. The number of benzene rings is 1. The summed E-state index contributed by atoms with van der Waals surface area (Å²) >= 11 is 0. The summed E-state index contributed by atoms with van der Waals surface area (Å²) in [7, 11) is 0. The molecule has 7 heteroatoms. The van der Waals surface area contributed by atoms with Crippen LogP contribution in [0.5, 0.6) is 17.2 Å². The molecular formula is C16H22N2O5. The topological polar surface area (TPSA) is 89.1 Å². The SMILES string of the molecule is O=C(NCC(O)COc1ccc2c(c1)OCO2)C1CCCNC1. The molecule has 3 N–H and O–H groups in total. The number of fused-ring (bicyclic) bond motifs is 1. The van der Waals surface area contributed by atoms with Gasteiger partial charge in [0.15, 0.2) is 11.5 Å². The van der Waals surface area contributed by atoms with Crippen LogP contribution in [0.1, 0.15) is 12.8 Å². The summed E-state index contributed by atoms with van der Waals surface area (Å²) in [6, 6.07) is 5.25. The average molecular weight is 322 g/mol. The third kappa shape index (κ3) is 4.27. The second kappa shape index (κ2) is 7.52. The number of hydrogen-bond acceptors (Lipinski definition) is 6. The highest BCUT2D eigenvalue weighted by Crippen LogP contribution is 2.35. The fourth-order valence-corrected chi connectivity index (χ4v) is 2.66. The Morgan fingerprint density at radius 1 is 1.43 bits per heavy atom. The molecule has 2 aliphatic heterocycles. The van der Waals surface area contributed by atoms with E-state index in [4.69, 9.17) is 14.2 Å². The Labute approximate surface area is 134 Å². The van der Waals surface area contributed by atoms with Gasteiger partial charge in [-0.1, -0.05) is 0 Å². The van der Waals surface area contributed by atoms with Crippen LogP contribution in [-0.4, -0.2) is 50.2 Å². The zero-order chi connectivity index (χ0) is 16.1. The standard InChI is InChI=1S/C16H22N2O5/c19-12(8-18-16(20)11-2-1-5-17-7-11)9-21-13-3-4-14-15(6-13)23-10-22-14/h3-4,6,11-12,17,19H,1-2,5,7-10H2,(H,18,20). The number of aliphatic hydroxyl groups excluding tert-OH is 1. The average Bonchev–Trinajstić information content (AvgIpc) is 3.06. The summed E-state index contributed by atoms with van der Waals surface area (Å²) in [6.07, 6.45) is 1.14. The van der Waals surface area contributed by atoms with Gasteiger partial charge in [0.25, 0.3) is 0 Å². The van der Waals surface area contributed by atoms with Gasteiger partial charge >= 0.3 is 0 Å². The predicted molar refractivity (Wildman–Crippen MR) is 82.7 cm³/mol. The van der Waals surface area contributed by atoms with Gasteiger partial charge in [-0.15, -0.1) is 0 Å². The van der Waals surface area contributed by atoms with Gasteiger partial charge in [-0.2, -0.15) is 0 Å². The maximum atomic E-state index is 12.0. The number of carbonyl (C=O) groups excluding carboxylic acids is 1. The third-order valence-corrected chi connectivity index (χ3v) is 3.97. The quantitative estimate of drug-likeness (QED) is 0.697. The number of carbonyl (C=O) groups is 1. The lowest BCUT2D eigenvalue weighted by molar-refractivity contribution is -0.126. The molecule has 2 atom stereocenters.